The maximum atomic E-state index is 11.3. The third-order valence-electron chi connectivity index (χ3n) is 3.42. The molecule has 2 bridgehead atoms. The quantitative estimate of drug-likeness (QED) is 0.664. The largest absolute Gasteiger partial charge is 0.353 e. The Morgan fingerprint density at radius 2 is 2.23 bits per heavy atom. The molecule has 0 aromatic carbocycles. The van der Waals surface area contributed by atoms with Gasteiger partial charge in [-0.25, -0.2) is 0 Å². The van der Waals surface area contributed by atoms with Crippen LogP contribution in [0.15, 0.2) is 0 Å². The minimum absolute atomic E-state index is 0.188. The molecule has 1 amide bonds. The van der Waals surface area contributed by atoms with E-state index in [0.717, 1.165) is 11.8 Å². The van der Waals surface area contributed by atoms with Crippen molar-refractivity contribution in [2.24, 2.45) is 11.8 Å². The summed E-state index contributed by atoms with van der Waals surface area (Å²) in [7, 11) is 0. The van der Waals surface area contributed by atoms with Crippen LogP contribution in [-0.2, 0) is 4.79 Å². The molecule has 2 fully saturated rings. The van der Waals surface area contributed by atoms with Crippen LogP contribution in [0.1, 0.15) is 32.1 Å². The van der Waals surface area contributed by atoms with Gasteiger partial charge in [0.1, 0.15) is 0 Å². The van der Waals surface area contributed by atoms with Crippen molar-refractivity contribution >= 4 is 18.5 Å². The Morgan fingerprint density at radius 1 is 1.38 bits per heavy atom. The van der Waals surface area contributed by atoms with Gasteiger partial charge in [0, 0.05) is 12.5 Å². The molecule has 0 spiro atoms. The van der Waals surface area contributed by atoms with E-state index in [4.69, 9.17) is 0 Å². The van der Waals surface area contributed by atoms with Crippen LogP contribution in [-0.4, -0.2) is 17.7 Å². The smallest absolute Gasteiger partial charge is 0.221 e. The van der Waals surface area contributed by atoms with Crippen molar-refractivity contribution in [1.82, 2.24) is 5.32 Å². The van der Waals surface area contributed by atoms with Gasteiger partial charge in [0.25, 0.3) is 0 Å². The van der Waals surface area contributed by atoms with E-state index >= 15 is 0 Å². The second-order valence-corrected chi connectivity index (χ2v) is 4.77. The molecule has 3 heteroatoms. The molecular weight excluding hydrogens is 182 g/mol. The van der Waals surface area contributed by atoms with Crippen LogP contribution in [0.3, 0.4) is 0 Å². The average Bonchev–Trinajstić information content (AvgIpc) is 2.65. The molecule has 0 aromatic heterocycles. The van der Waals surface area contributed by atoms with Crippen molar-refractivity contribution in [3.63, 3.8) is 0 Å². The molecule has 3 atom stereocenters. The summed E-state index contributed by atoms with van der Waals surface area (Å²) in [5.74, 6) is 2.54. The number of carbonyl (C=O) groups excluding carboxylic acids is 1. The van der Waals surface area contributed by atoms with Crippen molar-refractivity contribution in [2.45, 2.75) is 38.1 Å². The summed E-state index contributed by atoms with van der Waals surface area (Å²) >= 11 is 4.05. The van der Waals surface area contributed by atoms with Crippen molar-refractivity contribution < 1.29 is 4.79 Å². The molecule has 2 rings (SSSR count). The average molecular weight is 199 g/mol. The molecule has 0 saturated heterocycles. The zero-order valence-corrected chi connectivity index (χ0v) is 8.72. The zero-order valence-electron chi connectivity index (χ0n) is 7.83. The SMILES string of the molecule is O=C(CCS)NC1CC2CCC1C2. The van der Waals surface area contributed by atoms with Gasteiger partial charge >= 0.3 is 0 Å². The second-order valence-electron chi connectivity index (χ2n) is 4.32. The highest BCUT2D eigenvalue weighted by molar-refractivity contribution is 7.80. The lowest BCUT2D eigenvalue weighted by Gasteiger charge is -2.22. The molecule has 2 saturated carbocycles. The third kappa shape index (κ3) is 2.01. The molecule has 0 aliphatic heterocycles. The summed E-state index contributed by atoms with van der Waals surface area (Å²) in [6, 6.07) is 0.492. The first-order chi connectivity index (χ1) is 6.29. The molecule has 0 heterocycles. The van der Waals surface area contributed by atoms with E-state index in [-0.39, 0.29) is 5.91 Å². The first kappa shape index (κ1) is 9.38. The summed E-state index contributed by atoms with van der Waals surface area (Å²) in [4.78, 5) is 11.3. The summed E-state index contributed by atoms with van der Waals surface area (Å²) < 4.78 is 0. The molecule has 74 valence electrons. The van der Waals surface area contributed by atoms with Crippen LogP contribution in [0.2, 0.25) is 0 Å². The van der Waals surface area contributed by atoms with E-state index in [1.165, 1.54) is 25.7 Å². The predicted octanol–water partition coefficient (Wildman–Crippen LogP) is 1.61. The normalized spacial score (nSPS) is 36.5. The minimum Gasteiger partial charge on any atom is -0.353 e. The summed E-state index contributed by atoms with van der Waals surface area (Å²) in [6.45, 7) is 0. The highest BCUT2D eigenvalue weighted by atomic mass is 32.1. The molecule has 2 aliphatic rings. The number of nitrogens with one attached hydrogen (secondary N) is 1. The monoisotopic (exact) mass is 199 g/mol. The molecule has 2 nitrogen and oxygen atoms in total. The number of rotatable bonds is 3. The Morgan fingerprint density at radius 3 is 2.77 bits per heavy atom. The van der Waals surface area contributed by atoms with Gasteiger partial charge in [0.2, 0.25) is 5.91 Å². The van der Waals surface area contributed by atoms with E-state index in [1.807, 2.05) is 0 Å². The fraction of sp³-hybridized carbons (Fsp3) is 0.900. The van der Waals surface area contributed by atoms with Gasteiger partial charge in [0.05, 0.1) is 0 Å². The number of thiol groups is 1. The van der Waals surface area contributed by atoms with E-state index < -0.39 is 0 Å². The van der Waals surface area contributed by atoms with Crippen molar-refractivity contribution in [1.29, 1.82) is 0 Å². The van der Waals surface area contributed by atoms with Crippen LogP contribution in [0.25, 0.3) is 0 Å². The van der Waals surface area contributed by atoms with Crippen molar-refractivity contribution in [3.8, 4) is 0 Å². The highest BCUT2D eigenvalue weighted by Crippen LogP contribution is 2.44. The molecule has 0 radical (unpaired) electrons. The number of hydrogen-bond acceptors (Lipinski definition) is 2. The molecule has 3 unspecified atom stereocenters. The van der Waals surface area contributed by atoms with Crippen LogP contribution in [0, 0.1) is 11.8 Å². The van der Waals surface area contributed by atoms with Crippen LogP contribution in [0.4, 0.5) is 0 Å². The lowest BCUT2D eigenvalue weighted by Crippen LogP contribution is -2.38. The second kappa shape index (κ2) is 3.91. The Hall–Kier alpha value is -0.180. The number of fused-ring (bicyclic) bond motifs is 2. The van der Waals surface area contributed by atoms with Gasteiger partial charge in [-0.3, -0.25) is 4.79 Å². The maximum Gasteiger partial charge on any atom is 0.221 e. The van der Waals surface area contributed by atoms with Crippen LogP contribution < -0.4 is 5.32 Å². The molecule has 0 aromatic rings. The van der Waals surface area contributed by atoms with E-state index in [2.05, 4.69) is 17.9 Å². The van der Waals surface area contributed by atoms with Crippen LogP contribution >= 0.6 is 12.6 Å². The van der Waals surface area contributed by atoms with Gasteiger partial charge in [-0.2, -0.15) is 12.6 Å². The van der Waals surface area contributed by atoms with E-state index in [9.17, 15) is 4.79 Å². The van der Waals surface area contributed by atoms with Gasteiger partial charge in [-0.1, -0.05) is 6.42 Å². The van der Waals surface area contributed by atoms with Crippen molar-refractivity contribution in [3.05, 3.63) is 0 Å². The van der Waals surface area contributed by atoms with Gasteiger partial charge in [-0.05, 0) is 36.9 Å². The third-order valence-corrected chi connectivity index (χ3v) is 3.65. The van der Waals surface area contributed by atoms with E-state index in [1.54, 1.807) is 0 Å². The van der Waals surface area contributed by atoms with Gasteiger partial charge < -0.3 is 5.32 Å². The Labute approximate surface area is 84.9 Å². The standard InChI is InChI=1S/C10H17NOS/c12-10(3-4-13)11-9-6-7-1-2-8(9)5-7/h7-9,13H,1-6H2,(H,11,12). The first-order valence-corrected chi connectivity index (χ1v) is 5.83. The number of amides is 1. The van der Waals surface area contributed by atoms with Crippen LogP contribution in [0.5, 0.6) is 0 Å². The lowest BCUT2D eigenvalue weighted by atomic mass is 9.95. The minimum atomic E-state index is 0.188. The zero-order chi connectivity index (χ0) is 9.26. The fourth-order valence-electron chi connectivity index (χ4n) is 2.80. The predicted molar refractivity (Wildman–Crippen MR) is 55.8 cm³/mol. The fourth-order valence-corrected chi connectivity index (χ4v) is 3.01. The molecule has 2 aliphatic carbocycles. The maximum absolute atomic E-state index is 11.3. The summed E-state index contributed by atoms with van der Waals surface area (Å²) in [5, 5.41) is 3.12. The summed E-state index contributed by atoms with van der Waals surface area (Å²) in [5.41, 5.74) is 0. The lowest BCUT2D eigenvalue weighted by molar-refractivity contribution is -0.121. The first-order valence-electron chi connectivity index (χ1n) is 5.20. The van der Waals surface area contributed by atoms with Gasteiger partial charge in [0.15, 0.2) is 0 Å². The number of carbonyl (C=O) groups is 1. The Balaban J connectivity index is 1.79. The molecular formula is C10H17NOS. The van der Waals surface area contributed by atoms with Gasteiger partial charge in [-0.15, -0.1) is 0 Å². The highest BCUT2D eigenvalue weighted by Gasteiger charge is 2.39. The molecule has 1 N–H and O–H groups in total. The molecule has 13 heavy (non-hydrogen) atoms. The van der Waals surface area contributed by atoms with Crippen molar-refractivity contribution in [2.75, 3.05) is 5.75 Å². The Bertz CT molecular complexity index is 207. The summed E-state index contributed by atoms with van der Waals surface area (Å²) in [6.07, 6.45) is 5.87. The Kier molecular flexibility index (Phi) is 2.82. The van der Waals surface area contributed by atoms with E-state index in [0.29, 0.717) is 18.2 Å². The topological polar surface area (TPSA) is 29.1 Å². The number of hydrogen-bond donors (Lipinski definition) is 2.